The van der Waals surface area contributed by atoms with Crippen LogP contribution < -0.4 is 5.32 Å². The molecule has 1 unspecified atom stereocenters. The Kier molecular flexibility index (Phi) is 4.04. The monoisotopic (exact) mass is 283 g/mol. The Morgan fingerprint density at radius 3 is 3.05 bits per heavy atom. The zero-order chi connectivity index (χ0) is 14.7. The standard InChI is InChI=1S/C17H21N3O/c1-13(17(21)18-11-14-7-3-2-4-8-14)20-12-19-15-9-5-6-10-16(15)20/h5-7,9-10,12-13H,2-4,8,11H2,1H3,(H,18,21). The van der Waals surface area contributed by atoms with Gasteiger partial charge in [-0.25, -0.2) is 4.98 Å². The van der Waals surface area contributed by atoms with Gasteiger partial charge >= 0.3 is 0 Å². The lowest BCUT2D eigenvalue weighted by atomic mass is 10.00. The maximum absolute atomic E-state index is 12.3. The van der Waals surface area contributed by atoms with Gasteiger partial charge in [-0.15, -0.1) is 0 Å². The van der Waals surface area contributed by atoms with Crippen LogP contribution in [0.1, 0.15) is 38.6 Å². The van der Waals surface area contributed by atoms with Crippen LogP contribution in [0.4, 0.5) is 0 Å². The molecular weight excluding hydrogens is 262 g/mol. The predicted molar refractivity (Wildman–Crippen MR) is 84.0 cm³/mol. The van der Waals surface area contributed by atoms with E-state index in [1.807, 2.05) is 35.8 Å². The first-order chi connectivity index (χ1) is 10.3. The molecule has 4 heteroatoms. The van der Waals surface area contributed by atoms with E-state index in [0.29, 0.717) is 6.54 Å². The van der Waals surface area contributed by atoms with E-state index in [9.17, 15) is 4.79 Å². The van der Waals surface area contributed by atoms with Crippen molar-refractivity contribution in [2.45, 2.75) is 38.6 Å². The van der Waals surface area contributed by atoms with Gasteiger partial charge in [0.2, 0.25) is 5.91 Å². The molecule has 0 bridgehead atoms. The highest BCUT2D eigenvalue weighted by molar-refractivity contribution is 5.83. The van der Waals surface area contributed by atoms with Crippen LogP contribution in [-0.2, 0) is 4.79 Å². The van der Waals surface area contributed by atoms with Crippen molar-refractivity contribution in [3.8, 4) is 0 Å². The summed E-state index contributed by atoms with van der Waals surface area (Å²) in [6.45, 7) is 2.59. The Morgan fingerprint density at radius 1 is 1.38 bits per heavy atom. The van der Waals surface area contributed by atoms with E-state index >= 15 is 0 Å². The van der Waals surface area contributed by atoms with Gasteiger partial charge in [0.1, 0.15) is 6.04 Å². The van der Waals surface area contributed by atoms with Crippen LogP contribution in [0.15, 0.2) is 42.2 Å². The minimum atomic E-state index is -0.249. The molecule has 0 spiro atoms. The molecule has 0 saturated carbocycles. The fraction of sp³-hybridized carbons (Fsp3) is 0.412. The number of rotatable bonds is 4. The summed E-state index contributed by atoms with van der Waals surface area (Å²) in [4.78, 5) is 16.7. The first-order valence-electron chi connectivity index (χ1n) is 7.63. The first-order valence-corrected chi connectivity index (χ1v) is 7.63. The van der Waals surface area contributed by atoms with Gasteiger partial charge in [-0.2, -0.15) is 0 Å². The molecule has 0 fully saturated rings. The van der Waals surface area contributed by atoms with Crippen molar-refractivity contribution >= 4 is 16.9 Å². The summed E-state index contributed by atoms with van der Waals surface area (Å²) < 4.78 is 1.93. The number of fused-ring (bicyclic) bond motifs is 1. The third-order valence-electron chi connectivity index (χ3n) is 4.15. The Bertz CT molecular complexity index is 671. The second kappa shape index (κ2) is 6.12. The maximum Gasteiger partial charge on any atom is 0.243 e. The lowest BCUT2D eigenvalue weighted by molar-refractivity contribution is -0.123. The number of nitrogens with zero attached hydrogens (tertiary/aromatic N) is 2. The molecule has 1 atom stereocenters. The molecule has 1 aliphatic rings. The van der Waals surface area contributed by atoms with Crippen molar-refractivity contribution < 1.29 is 4.79 Å². The Balaban J connectivity index is 1.68. The third-order valence-corrected chi connectivity index (χ3v) is 4.15. The molecule has 21 heavy (non-hydrogen) atoms. The van der Waals surface area contributed by atoms with Crippen molar-refractivity contribution in [1.29, 1.82) is 0 Å². The number of imidazole rings is 1. The lowest BCUT2D eigenvalue weighted by Gasteiger charge is -2.17. The topological polar surface area (TPSA) is 46.9 Å². The maximum atomic E-state index is 12.3. The van der Waals surface area contributed by atoms with Gasteiger partial charge in [0, 0.05) is 6.54 Å². The van der Waals surface area contributed by atoms with Crippen LogP contribution in [0.5, 0.6) is 0 Å². The van der Waals surface area contributed by atoms with Crippen molar-refractivity contribution in [2.75, 3.05) is 6.54 Å². The molecule has 1 N–H and O–H groups in total. The SMILES string of the molecule is CC(C(=O)NCC1=CCCCC1)n1cnc2ccccc21. The van der Waals surface area contributed by atoms with Crippen LogP contribution in [0, 0.1) is 0 Å². The van der Waals surface area contributed by atoms with Gasteiger partial charge in [-0.3, -0.25) is 4.79 Å². The van der Waals surface area contributed by atoms with Gasteiger partial charge in [-0.05, 0) is 44.7 Å². The number of para-hydroxylation sites is 2. The number of allylic oxidation sites excluding steroid dienone is 1. The van der Waals surface area contributed by atoms with Gasteiger partial charge in [0.05, 0.1) is 17.4 Å². The summed E-state index contributed by atoms with van der Waals surface area (Å²) in [6.07, 6.45) is 8.78. The molecule has 110 valence electrons. The molecular formula is C17H21N3O. The number of aromatic nitrogens is 2. The first kappa shape index (κ1) is 13.9. The highest BCUT2D eigenvalue weighted by Gasteiger charge is 2.17. The van der Waals surface area contributed by atoms with Crippen LogP contribution in [0.2, 0.25) is 0 Å². The van der Waals surface area contributed by atoms with Gasteiger partial charge < -0.3 is 9.88 Å². The lowest BCUT2D eigenvalue weighted by Crippen LogP contribution is -2.32. The van der Waals surface area contributed by atoms with E-state index in [-0.39, 0.29) is 11.9 Å². The van der Waals surface area contributed by atoms with Crippen LogP contribution >= 0.6 is 0 Å². The van der Waals surface area contributed by atoms with Crippen molar-refractivity contribution in [3.63, 3.8) is 0 Å². The second-order valence-electron chi connectivity index (χ2n) is 5.64. The summed E-state index contributed by atoms with van der Waals surface area (Å²) >= 11 is 0. The molecule has 0 radical (unpaired) electrons. The highest BCUT2D eigenvalue weighted by atomic mass is 16.2. The third kappa shape index (κ3) is 2.99. The molecule has 3 rings (SSSR count). The average Bonchev–Trinajstić information content (AvgIpc) is 2.97. The van der Waals surface area contributed by atoms with E-state index in [0.717, 1.165) is 23.9 Å². The van der Waals surface area contributed by atoms with Gasteiger partial charge in [-0.1, -0.05) is 23.8 Å². The summed E-state index contributed by atoms with van der Waals surface area (Å²) in [5.41, 5.74) is 3.28. The largest absolute Gasteiger partial charge is 0.351 e. The number of hydrogen-bond donors (Lipinski definition) is 1. The summed E-state index contributed by atoms with van der Waals surface area (Å²) in [5.74, 6) is 0.0460. The fourth-order valence-electron chi connectivity index (χ4n) is 2.83. The molecule has 1 aliphatic carbocycles. The molecule has 0 aliphatic heterocycles. The van der Waals surface area contributed by atoms with Crippen molar-refractivity contribution in [2.24, 2.45) is 0 Å². The van der Waals surface area contributed by atoms with Crippen molar-refractivity contribution in [3.05, 3.63) is 42.2 Å². The molecule has 1 amide bonds. The molecule has 0 saturated heterocycles. The Hall–Kier alpha value is -2.10. The van der Waals surface area contributed by atoms with Crippen LogP contribution in [0.25, 0.3) is 11.0 Å². The average molecular weight is 283 g/mol. The summed E-state index contributed by atoms with van der Waals surface area (Å²) in [6, 6.07) is 7.64. The van der Waals surface area contributed by atoms with Gasteiger partial charge in [0.15, 0.2) is 0 Å². The Morgan fingerprint density at radius 2 is 2.24 bits per heavy atom. The number of amides is 1. The van der Waals surface area contributed by atoms with Crippen molar-refractivity contribution in [1.82, 2.24) is 14.9 Å². The smallest absolute Gasteiger partial charge is 0.243 e. The van der Waals surface area contributed by atoms with E-state index < -0.39 is 0 Å². The zero-order valence-electron chi connectivity index (χ0n) is 12.4. The van der Waals surface area contributed by atoms with Crippen LogP contribution in [-0.4, -0.2) is 22.0 Å². The summed E-state index contributed by atoms with van der Waals surface area (Å²) in [7, 11) is 0. The van der Waals surface area contributed by atoms with E-state index in [2.05, 4.69) is 16.4 Å². The molecule has 1 heterocycles. The van der Waals surface area contributed by atoms with Gasteiger partial charge in [0.25, 0.3) is 0 Å². The number of nitrogens with one attached hydrogen (secondary N) is 1. The minimum absolute atomic E-state index is 0.0460. The molecule has 1 aromatic carbocycles. The quantitative estimate of drug-likeness (QED) is 0.876. The van der Waals surface area contributed by atoms with Crippen LogP contribution in [0.3, 0.4) is 0 Å². The van der Waals surface area contributed by atoms with E-state index in [1.54, 1.807) is 6.33 Å². The minimum Gasteiger partial charge on any atom is -0.351 e. The normalized spacial score (nSPS) is 16.5. The highest BCUT2D eigenvalue weighted by Crippen LogP contribution is 2.19. The number of carbonyl (C=O) groups excluding carboxylic acids is 1. The second-order valence-corrected chi connectivity index (χ2v) is 5.64. The predicted octanol–water partition coefficient (Wildman–Crippen LogP) is 3.21. The van der Waals surface area contributed by atoms with E-state index in [1.165, 1.54) is 18.4 Å². The number of hydrogen-bond acceptors (Lipinski definition) is 2. The fourth-order valence-corrected chi connectivity index (χ4v) is 2.83. The Labute approximate surface area is 124 Å². The molecule has 2 aromatic rings. The summed E-state index contributed by atoms with van der Waals surface area (Å²) in [5, 5.41) is 3.05. The molecule has 4 nitrogen and oxygen atoms in total. The number of benzene rings is 1. The number of carbonyl (C=O) groups is 1. The molecule has 1 aromatic heterocycles. The van der Waals surface area contributed by atoms with E-state index in [4.69, 9.17) is 0 Å². The zero-order valence-corrected chi connectivity index (χ0v) is 12.4.